The molecule has 0 aliphatic carbocycles. The Morgan fingerprint density at radius 3 is 2.21 bits per heavy atom. The topological polar surface area (TPSA) is 26.3 Å². The van der Waals surface area contributed by atoms with Crippen molar-refractivity contribution in [3.63, 3.8) is 0 Å². The minimum Gasteiger partial charge on any atom is -0.461 e. The molecule has 2 aromatic rings. The van der Waals surface area contributed by atoms with Gasteiger partial charge in [-0.05, 0) is 23.1 Å². The van der Waals surface area contributed by atoms with Crippen LogP contribution in [0.3, 0.4) is 0 Å². The molecule has 0 atom stereocenters. The van der Waals surface area contributed by atoms with Crippen LogP contribution in [0, 0.1) is 0 Å². The molecular formula is C17H18O2. The van der Waals surface area contributed by atoms with E-state index in [4.69, 9.17) is 4.74 Å². The first-order valence-corrected chi connectivity index (χ1v) is 6.59. The van der Waals surface area contributed by atoms with Crippen LogP contribution in [0.2, 0.25) is 0 Å². The van der Waals surface area contributed by atoms with Gasteiger partial charge in [0, 0.05) is 6.42 Å². The molecule has 2 aromatic carbocycles. The quantitative estimate of drug-likeness (QED) is 0.747. The molecule has 0 heterocycles. The van der Waals surface area contributed by atoms with Gasteiger partial charge in [0.1, 0.15) is 6.61 Å². The largest absolute Gasteiger partial charge is 0.461 e. The summed E-state index contributed by atoms with van der Waals surface area (Å²) in [7, 11) is 0. The van der Waals surface area contributed by atoms with Gasteiger partial charge in [0.2, 0.25) is 0 Å². The number of rotatable bonds is 5. The summed E-state index contributed by atoms with van der Waals surface area (Å²) in [6.45, 7) is 2.32. The minimum atomic E-state index is -0.130. The first-order valence-electron chi connectivity index (χ1n) is 6.59. The molecule has 0 saturated carbocycles. The summed E-state index contributed by atoms with van der Waals surface area (Å²) in [5.41, 5.74) is 3.38. The Hall–Kier alpha value is -2.09. The summed E-state index contributed by atoms with van der Waals surface area (Å²) in [5, 5.41) is 0. The molecule has 2 heteroatoms. The number of benzene rings is 2. The van der Waals surface area contributed by atoms with Gasteiger partial charge in [-0.15, -0.1) is 0 Å². The number of esters is 1. The Kier molecular flexibility index (Phi) is 4.73. The van der Waals surface area contributed by atoms with E-state index in [2.05, 4.69) is 24.3 Å². The zero-order valence-corrected chi connectivity index (χ0v) is 11.1. The number of ether oxygens (including phenoxy) is 1. The van der Waals surface area contributed by atoms with Crippen molar-refractivity contribution in [2.45, 2.75) is 26.4 Å². The summed E-state index contributed by atoms with van der Waals surface area (Å²) in [6, 6.07) is 18.3. The molecule has 0 saturated heterocycles. The van der Waals surface area contributed by atoms with Crippen LogP contribution in [0.25, 0.3) is 11.1 Å². The van der Waals surface area contributed by atoms with Crippen molar-refractivity contribution in [3.8, 4) is 11.1 Å². The lowest BCUT2D eigenvalue weighted by Gasteiger charge is -2.06. The SMILES string of the molecule is CCCC(=O)OCc1ccc(-c2ccccc2)cc1. The average molecular weight is 254 g/mol. The fourth-order valence-electron chi connectivity index (χ4n) is 1.86. The van der Waals surface area contributed by atoms with Crippen LogP contribution < -0.4 is 0 Å². The number of hydrogen-bond donors (Lipinski definition) is 0. The maximum absolute atomic E-state index is 11.3. The average Bonchev–Trinajstić information content (AvgIpc) is 2.47. The van der Waals surface area contributed by atoms with Gasteiger partial charge in [-0.2, -0.15) is 0 Å². The molecule has 0 fully saturated rings. The van der Waals surface area contributed by atoms with E-state index in [-0.39, 0.29) is 5.97 Å². The molecular weight excluding hydrogens is 236 g/mol. The van der Waals surface area contributed by atoms with Crippen LogP contribution in [0.5, 0.6) is 0 Å². The van der Waals surface area contributed by atoms with Crippen LogP contribution in [0.1, 0.15) is 25.3 Å². The number of carbonyl (C=O) groups excluding carboxylic acids is 1. The Labute approximate surface area is 114 Å². The Morgan fingerprint density at radius 2 is 1.58 bits per heavy atom. The van der Waals surface area contributed by atoms with Gasteiger partial charge in [-0.3, -0.25) is 4.79 Å². The second-order valence-corrected chi connectivity index (χ2v) is 4.47. The Balaban J connectivity index is 1.97. The van der Waals surface area contributed by atoms with Gasteiger partial charge in [0.15, 0.2) is 0 Å². The van der Waals surface area contributed by atoms with E-state index in [1.54, 1.807) is 0 Å². The maximum atomic E-state index is 11.3. The second-order valence-electron chi connectivity index (χ2n) is 4.47. The van der Waals surface area contributed by atoms with Gasteiger partial charge in [-0.25, -0.2) is 0 Å². The monoisotopic (exact) mass is 254 g/mol. The van der Waals surface area contributed by atoms with E-state index < -0.39 is 0 Å². The van der Waals surface area contributed by atoms with E-state index in [0.717, 1.165) is 12.0 Å². The smallest absolute Gasteiger partial charge is 0.306 e. The molecule has 2 rings (SSSR count). The van der Waals surface area contributed by atoms with Crippen molar-refractivity contribution >= 4 is 5.97 Å². The van der Waals surface area contributed by atoms with Gasteiger partial charge >= 0.3 is 5.97 Å². The van der Waals surface area contributed by atoms with Crippen LogP contribution in [-0.4, -0.2) is 5.97 Å². The molecule has 98 valence electrons. The predicted octanol–water partition coefficient (Wildman–Crippen LogP) is 4.20. The molecule has 0 N–H and O–H groups in total. The normalized spacial score (nSPS) is 10.2. The number of hydrogen-bond acceptors (Lipinski definition) is 2. The highest BCUT2D eigenvalue weighted by molar-refractivity contribution is 5.69. The van der Waals surface area contributed by atoms with Crippen LogP contribution in [0.15, 0.2) is 54.6 Å². The molecule has 0 amide bonds. The Bertz CT molecular complexity index is 515. The van der Waals surface area contributed by atoms with Crippen molar-refractivity contribution in [2.75, 3.05) is 0 Å². The van der Waals surface area contributed by atoms with Gasteiger partial charge < -0.3 is 4.74 Å². The zero-order chi connectivity index (χ0) is 13.5. The molecule has 0 bridgehead atoms. The lowest BCUT2D eigenvalue weighted by molar-refractivity contribution is -0.144. The van der Waals surface area contributed by atoms with Gasteiger partial charge in [0.25, 0.3) is 0 Å². The first kappa shape index (κ1) is 13.3. The third-order valence-electron chi connectivity index (χ3n) is 2.92. The molecule has 0 aromatic heterocycles. The summed E-state index contributed by atoms with van der Waals surface area (Å²) in [4.78, 5) is 11.3. The van der Waals surface area contributed by atoms with Gasteiger partial charge in [0.05, 0.1) is 0 Å². The van der Waals surface area contributed by atoms with Crippen molar-refractivity contribution in [2.24, 2.45) is 0 Å². The summed E-state index contributed by atoms with van der Waals surface area (Å²) in [6.07, 6.45) is 1.31. The van der Waals surface area contributed by atoms with Crippen molar-refractivity contribution in [1.29, 1.82) is 0 Å². The van der Waals surface area contributed by atoms with Crippen molar-refractivity contribution in [3.05, 3.63) is 60.2 Å². The zero-order valence-electron chi connectivity index (χ0n) is 11.1. The summed E-state index contributed by atoms with van der Waals surface area (Å²) in [5.74, 6) is -0.130. The predicted molar refractivity (Wildman–Crippen MR) is 76.6 cm³/mol. The highest BCUT2D eigenvalue weighted by Gasteiger charge is 2.02. The summed E-state index contributed by atoms with van der Waals surface area (Å²) >= 11 is 0. The molecule has 2 nitrogen and oxygen atoms in total. The molecule has 0 unspecified atom stereocenters. The molecule has 0 spiro atoms. The molecule has 0 aliphatic heterocycles. The minimum absolute atomic E-state index is 0.130. The highest BCUT2D eigenvalue weighted by atomic mass is 16.5. The first-order chi connectivity index (χ1) is 9.29. The molecule has 0 radical (unpaired) electrons. The molecule has 0 aliphatic rings. The lowest BCUT2D eigenvalue weighted by atomic mass is 10.0. The van der Waals surface area contributed by atoms with Gasteiger partial charge in [-0.1, -0.05) is 61.5 Å². The summed E-state index contributed by atoms with van der Waals surface area (Å²) < 4.78 is 5.18. The standard InChI is InChI=1S/C17H18O2/c1-2-6-17(18)19-13-14-9-11-16(12-10-14)15-7-4-3-5-8-15/h3-5,7-12H,2,6,13H2,1H3. The fourth-order valence-corrected chi connectivity index (χ4v) is 1.86. The molecule has 19 heavy (non-hydrogen) atoms. The number of carbonyl (C=O) groups is 1. The van der Waals surface area contributed by atoms with Crippen molar-refractivity contribution in [1.82, 2.24) is 0 Å². The fraction of sp³-hybridized carbons (Fsp3) is 0.235. The van der Waals surface area contributed by atoms with Crippen LogP contribution in [-0.2, 0) is 16.1 Å². The van der Waals surface area contributed by atoms with Crippen LogP contribution in [0.4, 0.5) is 0 Å². The van der Waals surface area contributed by atoms with E-state index in [9.17, 15) is 4.79 Å². The Morgan fingerprint density at radius 1 is 0.947 bits per heavy atom. The van der Waals surface area contributed by atoms with E-state index in [1.165, 1.54) is 11.1 Å². The maximum Gasteiger partial charge on any atom is 0.306 e. The van der Waals surface area contributed by atoms with Crippen LogP contribution >= 0.6 is 0 Å². The van der Waals surface area contributed by atoms with Crippen molar-refractivity contribution < 1.29 is 9.53 Å². The second kappa shape index (κ2) is 6.74. The van der Waals surface area contributed by atoms with E-state index >= 15 is 0 Å². The third-order valence-corrected chi connectivity index (χ3v) is 2.92. The lowest BCUT2D eigenvalue weighted by Crippen LogP contribution is -2.03. The van der Waals surface area contributed by atoms with E-state index in [1.807, 2.05) is 37.3 Å². The third kappa shape index (κ3) is 3.95. The highest BCUT2D eigenvalue weighted by Crippen LogP contribution is 2.19. The van der Waals surface area contributed by atoms with E-state index in [0.29, 0.717) is 13.0 Å².